The molecule has 0 aliphatic heterocycles. The van der Waals surface area contributed by atoms with Crippen LogP contribution >= 0.6 is 0 Å². The molecule has 1 aromatic heterocycles. The fourth-order valence-corrected chi connectivity index (χ4v) is 2.28. The highest BCUT2D eigenvalue weighted by Crippen LogP contribution is 2.20. The zero-order chi connectivity index (χ0) is 15.4. The Bertz CT molecular complexity index is 646. The summed E-state index contributed by atoms with van der Waals surface area (Å²) < 4.78 is 1.72. The lowest BCUT2D eigenvalue weighted by Gasteiger charge is -2.12. The van der Waals surface area contributed by atoms with Gasteiger partial charge in [0.05, 0.1) is 16.9 Å². The molecular formula is C16H22N4O. The minimum absolute atomic E-state index is 0.114. The smallest absolute Gasteiger partial charge is 0.257 e. The molecule has 2 rings (SSSR count). The van der Waals surface area contributed by atoms with Gasteiger partial charge in [0.15, 0.2) is 0 Å². The van der Waals surface area contributed by atoms with Crippen molar-refractivity contribution in [2.45, 2.75) is 27.2 Å². The highest BCUT2D eigenvalue weighted by molar-refractivity contribution is 6.08. The Kier molecular flexibility index (Phi) is 4.62. The van der Waals surface area contributed by atoms with Crippen LogP contribution in [0.4, 0.5) is 11.4 Å². The molecule has 5 nitrogen and oxygen atoms in total. The molecule has 0 saturated heterocycles. The molecule has 5 heteroatoms. The number of anilines is 2. The van der Waals surface area contributed by atoms with Crippen molar-refractivity contribution in [2.24, 2.45) is 7.05 Å². The summed E-state index contributed by atoms with van der Waals surface area (Å²) in [4.78, 5) is 12.6. The van der Waals surface area contributed by atoms with Gasteiger partial charge in [0.25, 0.3) is 5.91 Å². The Morgan fingerprint density at radius 1 is 1.29 bits per heavy atom. The molecule has 0 aliphatic rings. The lowest BCUT2D eigenvalue weighted by Crippen LogP contribution is -2.15. The maximum absolute atomic E-state index is 12.6. The predicted octanol–water partition coefficient (Wildman–Crippen LogP) is 2.98. The predicted molar refractivity (Wildman–Crippen MR) is 85.9 cm³/mol. The summed E-state index contributed by atoms with van der Waals surface area (Å²) in [6.07, 6.45) is 2.61. The summed E-state index contributed by atoms with van der Waals surface area (Å²) in [5.74, 6) is -0.114. The molecule has 112 valence electrons. The number of aryl methyl sites for hydroxylation is 3. The first-order valence-corrected chi connectivity index (χ1v) is 7.23. The topological polar surface area (TPSA) is 59.0 Å². The lowest BCUT2D eigenvalue weighted by atomic mass is 10.1. The molecule has 1 aromatic carbocycles. The second kappa shape index (κ2) is 6.43. The van der Waals surface area contributed by atoms with E-state index in [4.69, 9.17) is 0 Å². The van der Waals surface area contributed by atoms with Gasteiger partial charge in [-0.15, -0.1) is 0 Å². The van der Waals surface area contributed by atoms with Crippen LogP contribution in [0.1, 0.15) is 35.5 Å². The van der Waals surface area contributed by atoms with Crippen LogP contribution in [0.2, 0.25) is 0 Å². The van der Waals surface area contributed by atoms with Crippen molar-refractivity contribution in [1.29, 1.82) is 0 Å². The van der Waals surface area contributed by atoms with Crippen LogP contribution in [-0.2, 0) is 13.5 Å². The van der Waals surface area contributed by atoms with Crippen LogP contribution < -0.4 is 10.6 Å². The molecule has 1 amide bonds. The molecule has 0 fully saturated rings. The number of aromatic nitrogens is 2. The van der Waals surface area contributed by atoms with Gasteiger partial charge < -0.3 is 10.6 Å². The first-order chi connectivity index (χ1) is 10.0. The Hall–Kier alpha value is -2.30. The molecular weight excluding hydrogens is 264 g/mol. The van der Waals surface area contributed by atoms with E-state index in [-0.39, 0.29) is 5.91 Å². The Balaban J connectivity index is 2.29. The average molecular weight is 286 g/mol. The van der Waals surface area contributed by atoms with E-state index in [1.807, 2.05) is 52.2 Å². The summed E-state index contributed by atoms with van der Waals surface area (Å²) in [5, 5.41) is 10.5. The van der Waals surface area contributed by atoms with E-state index in [2.05, 4.69) is 15.7 Å². The van der Waals surface area contributed by atoms with Crippen molar-refractivity contribution in [2.75, 3.05) is 17.2 Å². The number of hydrogen-bond donors (Lipinski definition) is 2. The van der Waals surface area contributed by atoms with Gasteiger partial charge in [0.1, 0.15) is 0 Å². The molecule has 2 N–H and O–H groups in total. The summed E-state index contributed by atoms with van der Waals surface area (Å²) in [6.45, 7) is 6.79. The summed E-state index contributed by atoms with van der Waals surface area (Å²) >= 11 is 0. The van der Waals surface area contributed by atoms with Gasteiger partial charge in [-0.05, 0) is 32.4 Å². The van der Waals surface area contributed by atoms with Crippen LogP contribution in [0.5, 0.6) is 0 Å². The van der Waals surface area contributed by atoms with Crippen LogP contribution in [-0.4, -0.2) is 22.2 Å². The Morgan fingerprint density at radius 3 is 2.71 bits per heavy atom. The van der Waals surface area contributed by atoms with Gasteiger partial charge >= 0.3 is 0 Å². The summed E-state index contributed by atoms with van der Waals surface area (Å²) in [5.41, 5.74) is 4.23. The standard InChI is InChI=1S/C16H22N4O/c1-5-13-15(10-20(4)19-13)18-16(21)12-9-11(3)7-8-14(12)17-6-2/h7-10,17H,5-6H2,1-4H3,(H,18,21). The van der Waals surface area contributed by atoms with Crippen molar-refractivity contribution in [3.05, 3.63) is 41.2 Å². The van der Waals surface area contributed by atoms with Crippen molar-refractivity contribution >= 4 is 17.3 Å². The third-order valence-electron chi connectivity index (χ3n) is 3.28. The minimum atomic E-state index is -0.114. The van der Waals surface area contributed by atoms with Crippen LogP contribution in [0.15, 0.2) is 24.4 Å². The van der Waals surface area contributed by atoms with Gasteiger partial charge in [0, 0.05) is 25.5 Å². The van der Waals surface area contributed by atoms with Gasteiger partial charge in [-0.3, -0.25) is 9.48 Å². The fraction of sp³-hybridized carbons (Fsp3) is 0.375. The first kappa shape index (κ1) is 15.1. The SMILES string of the molecule is CCNc1ccc(C)cc1C(=O)Nc1cn(C)nc1CC. The van der Waals surface area contributed by atoms with Crippen molar-refractivity contribution < 1.29 is 4.79 Å². The Labute approximate surface area is 125 Å². The van der Waals surface area contributed by atoms with E-state index < -0.39 is 0 Å². The number of rotatable bonds is 5. The number of hydrogen-bond acceptors (Lipinski definition) is 3. The number of amides is 1. The van der Waals surface area contributed by atoms with E-state index in [0.717, 1.165) is 35.6 Å². The minimum Gasteiger partial charge on any atom is -0.385 e. The van der Waals surface area contributed by atoms with Gasteiger partial charge in [0.2, 0.25) is 0 Å². The lowest BCUT2D eigenvalue weighted by molar-refractivity contribution is 0.102. The average Bonchev–Trinajstić information content (AvgIpc) is 2.80. The third kappa shape index (κ3) is 3.42. The number of carbonyl (C=O) groups is 1. The molecule has 0 aliphatic carbocycles. The number of benzene rings is 1. The van der Waals surface area contributed by atoms with Crippen LogP contribution in [0.25, 0.3) is 0 Å². The maximum atomic E-state index is 12.6. The quantitative estimate of drug-likeness (QED) is 0.888. The van der Waals surface area contributed by atoms with E-state index in [1.54, 1.807) is 4.68 Å². The highest BCUT2D eigenvalue weighted by Gasteiger charge is 2.14. The van der Waals surface area contributed by atoms with E-state index in [1.165, 1.54) is 0 Å². The van der Waals surface area contributed by atoms with Gasteiger partial charge in [-0.2, -0.15) is 5.10 Å². The van der Waals surface area contributed by atoms with Gasteiger partial charge in [-0.1, -0.05) is 18.6 Å². The number of carbonyl (C=O) groups excluding carboxylic acids is 1. The second-order valence-electron chi connectivity index (χ2n) is 5.05. The molecule has 1 heterocycles. The summed E-state index contributed by atoms with van der Waals surface area (Å²) in [7, 11) is 1.85. The molecule has 0 atom stereocenters. The molecule has 0 bridgehead atoms. The normalized spacial score (nSPS) is 10.5. The molecule has 2 aromatic rings. The zero-order valence-corrected chi connectivity index (χ0v) is 13.0. The van der Waals surface area contributed by atoms with Gasteiger partial charge in [-0.25, -0.2) is 0 Å². The molecule has 21 heavy (non-hydrogen) atoms. The second-order valence-corrected chi connectivity index (χ2v) is 5.05. The third-order valence-corrected chi connectivity index (χ3v) is 3.28. The van der Waals surface area contributed by atoms with Crippen molar-refractivity contribution in [3.63, 3.8) is 0 Å². The molecule has 0 unspecified atom stereocenters. The van der Waals surface area contributed by atoms with Crippen LogP contribution in [0.3, 0.4) is 0 Å². The number of nitrogens with one attached hydrogen (secondary N) is 2. The zero-order valence-electron chi connectivity index (χ0n) is 13.0. The van der Waals surface area contributed by atoms with Crippen molar-refractivity contribution in [1.82, 2.24) is 9.78 Å². The number of nitrogens with zero attached hydrogens (tertiary/aromatic N) is 2. The molecule has 0 spiro atoms. The monoisotopic (exact) mass is 286 g/mol. The molecule has 0 radical (unpaired) electrons. The maximum Gasteiger partial charge on any atom is 0.257 e. The fourth-order valence-electron chi connectivity index (χ4n) is 2.28. The van der Waals surface area contributed by atoms with Crippen LogP contribution in [0, 0.1) is 6.92 Å². The van der Waals surface area contributed by atoms with E-state index >= 15 is 0 Å². The summed E-state index contributed by atoms with van der Waals surface area (Å²) in [6, 6.07) is 5.84. The van der Waals surface area contributed by atoms with E-state index in [9.17, 15) is 4.79 Å². The Morgan fingerprint density at radius 2 is 2.05 bits per heavy atom. The van der Waals surface area contributed by atoms with E-state index in [0.29, 0.717) is 5.56 Å². The van der Waals surface area contributed by atoms with Crippen molar-refractivity contribution in [3.8, 4) is 0 Å². The largest absolute Gasteiger partial charge is 0.385 e. The molecule has 0 saturated carbocycles. The highest BCUT2D eigenvalue weighted by atomic mass is 16.1. The first-order valence-electron chi connectivity index (χ1n) is 7.23.